The number of nitriles is 1. The maximum atomic E-state index is 14.4. The third kappa shape index (κ3) is 3.81. The van der Waals surface area contributed by atoms with Crippen molar-refractivity contribution in [2.24, 2.45) is 0 Å². The molecule has 2 aliphatic rings. The first kappa shape index (κ1) is 21.7. The quantitative estimate of drug-likeness (QED) is 0.463. The topological polar surface area (TPSA) is 86.2 Å². The van der Waals surface area contributed by atoms with Crippen molar-refractivity contribution in [3.63, 3.8) is 0 Å². The van der Waals surface area contributed by atoms with E-state index in [9.17, 15) is 14.4 Å². The van der Waals surface area contributed by atoms with Gasteiger partial charge >= 0.3 is 0 Å². The molecule has 5 rings (SSSR count). The summed E-state index contributed by atoms with van der Waals surface area (Å²) in [4.78, 5) is 19.8. The predicted molar refractivity (Wildman–Crippen MR) is 129 cm³/mol. The van der Waals surface area contributed by atoms with Gasteiger partial charge in [-0.05, 0) is 42.4 Å². The Morgan fingerprint density at radius 2 is 1.88 bits per heavy atom. The lowest BCUT2D eigenvalue weighted by Gasteiger charge is -2.33. The van der Waals surface area contributed by atoms with Crippen LogP contribution in [-0.4, -0.2) is 52.5 Å². The summed E-state index contributed by atoms with van der Waals surface area (Å²) in [6.07, 6.45) is 5.30. The Labute approximate surface area is 196 Å². The second-order valence-electron chi connectivity index (χ2n) is 8.61. The molecular formula is C25H24FN5OS. The van der Waals surface area contributed by atoms with Crippen LogP contribution in [-0.2, 0) is 5.41 Å². The van der Waals surface area contributed by atoms with Crippen LogP contribution in [0.25, 0.3) is 22.0 Å². The standard InChI is InChI=1S/C25H24FN5OS/c1-33-31-10-8-30(9-11-31)24(32)20-14-29-23-19(12-18(26)13-21(23)28)22(20)16-2-4-17(5-3-16)25(15-27)6-7-25/h2-5,12-14H,6-11,28H2,1H3. The fraction of sp³-hybridized carbons (Fsp3) is 0.320. The maximum Gasteiger partial charge on any atom is 0.256 e. The number of rotatable bonds is 4. The molecule has 0 unspecified atom stereocenters. The number of piperazine rings is 1. The van der Waals surface area contributed by atoms with E-state index in [2.05, 4.69) is 15.4 Å². The summed E-state index contributed by atoms with van der Waals surface area (Å²) >= 11 is 1.68. The van der Waals surface area contributed by atoms with Gasteiger partial charge in [-0.1, -0.05) is 36.2 Å². The Hall–Kier alpha value is -3.15. The molecule has 2 fully saturated rings. The Morgan fingerprint density at radius 1 is 1.18 bits per heavy atom. The van der Waals surface area contributed by atoms with E-state index >= 15 is 0 Å². The molecule has 1 aromatic heterocycles. The molecule has 1 aliphatic heterocycles. The van der Waals surface area contributed by atoms with Gasteiger partial charge in [-0.2, -0.15) is 5.26 Å². The number of carbonyl (C=O) groups excluding carboxylic acids is 1. The highest BCUT2D eigenvalue weighted by atomic mass is 32.2. The molecule has 33 heavy (non-hydrogen) atoms. The minimum absolute atomic E-state index is 0.122. The molecule has 1 saturated carbocycles. The Balaban J connectivity index is 1.62. The fourth-order valence-corrected chi connectivity index (χ4v) is 5.09. The SMILES string of the molecule is CSN1CCN(C(=O)c2cnc3c(N)cc(F)cc3c2-c2ccc(C3(C#N)CC3)cc2)CC1. The zero-order valence-electron chi connectivity index (χ0n) is 18.3. The van der Waals surface area contributed by atoms with Crippen molar-refractivity contribution >= 4 is 34.4 Å². The van der Waals surface area contributed by atoms with Gasteiger partial charge in [-0.3, -0.25) is 9.78 Å². The van der Waals surface area contributed by atoms with E-state index in [1.54, 1.807) is 18.1 Å². The number of hydrogen-bond donors (Lipinski definition) is 1. The number of nitrogen functional groups attached to an aromatic ring is 1. The van der Waals surface area contributed by atoms with E-state index in [4.69, 9.17) is 5.73 Å². The molecule has 2 heterocycles. The van der Waals surface area contributed by atoms with Gasteiger partial charge in [0.05, 0.1) is 28.3 Å². The highest BCUT2D eigenvalue weighted by Crippen LogP contribution is 2.48. The molecule has 0 bridgehead atoms. The monoisotopic (exact) mass is 461 g/mol. The number of carbonyl (C=O) groups is 1. The fourth-order valence-electron chi connectivity index (χ4n) is 4.56. The number of anilines is 1. The Morgan fingerprint density at radius 3 is 2.48 bits per heavy atom. The highest BCUT2D eigenvalue weighted by Gasteiger charge is 2.44. The van der Waals surface area contributed by atoms with Gasteiger partial charge in [-0.25, -0.2) is 8.70 Å². The average molecular weight is 462 g/mol. The van der Waals surface area contributed by atoms with Crippen LogP contribution in [0.3, 0.4) is 0 Å². The Kier molecular flexibility index (Phi) is 5.47. The van der Waals surface area contributed by atoms with Crippen LogP contribution in [0.2, 0.25) is 0 Å². The number of nitrogens with zero attached hydrogens (tertiary/aromatic N) is 4. The zero-order chi connectivity index (χ0) is 23.2. The lowest BCUT2D eigenvalue weighted by Crippen LogP contribution is -2.46. The summed E-state index contributed by atoms with van der Waals surface area (Å²) in [5, 5.41) is 10.0. The number of aromatic nitrogens is 1. The molecule has 3 aromatic rings. The van der Waals surface area contributed by atoms with Crippen LogP contribution in [0.1, 0.15) is 28.8 Å². The Bertz CT molecular complexity index is 1270. The van der Waals surface area contributed by atoms with E-state index in [-0.39, 0.29) is 11.6 Å². The first-order valence-electron chi connectivity index (χ1n) is 10.9. The second-order valence-corrected chi connectivity index (χ2v) is 9.49. The van der Waals surface area contributed by atoms with Crippen molar-refractivity contribution in [2.75, 3.05) is 38.2 Å². The van der Waals surface area contributed by atoms with Crippen LogP contribution < -0.4 is 5.73 Å². The molecule has 6 nitrogen and oxygen atoms in total. The largest absolute Gasteiger partial charge is 0.397 e. The van der Waals surface area contributed by atoms with E-state index in [1.165, 1.54) is 12.1 Å². The number of amides is 1. The number of halogens is 1. The van der Waals surface area contributed by atoms with E-state index in [0.29, 0.717) is 35.1 Å². The smallest absolute Gasteiger partial charge is 0.256 e. The van der Waals surface area contributed by atoms with Crippen LogP contribution in [0.5, 0.6) is 0 Å². The molecule has 0 spiro atoms. The first-order chi connectivity index (χ1) is 16.0. The van der Waals surface area contributed by atoms with Gasteiger partial charge in [0, 0.05) is 43.3 Å². The third-order valence-corrected chi connectivity index (χ3v) is 7.55. The summed E-state index contributed by atoms with van der Waals surface area (Å²) in [5.74, 6) is -0.595. The minimum Gasteiger partial charge on any atom is -0.397 e. The van der Waals surface area contributed by atoms with Gasteiger partial charge in [0.25, 0.3) is 5.91 Å². The number of nitrogens with two attached hydrogens (primary N) is 1. The van der Waals surface area contributed by atoms with Gasteiger partial charge in [0.15, 0.2) is 0 Å². The molecule has 1 amide bonds. The molecule has 1 aliphatic carbocycles. The zero-order valence-corrected chi connectivity index (χ0v) is 19.2. The van der Waals surface area contributed by atoms with Crippen molar-refractivity contribution in [3.05, 3.63) is 59.5 Å². The lowest BCUT2D eigenvalue weighted by molar-refractivity contribution is 0.0704. The number of hydrogen-bond acceptors (Lipinski definition) is 6. The van der Waals surface area contributed by atoms with Crippen molar-refractivity contribution in [1.29, 1.82) is 5.26 Å². The molecule has 2 aromatic carbocycles. The highest BCUT2D eigenvalue weighted by molar-refractivity contribution is 7.96. The molecule has 168 valence electrons. The summed E-state index contributed by atoms with van der Waals surface area (Å²) in [6.45, 7) is 2.81. The van der Waals surface area contributed by atoms with Gasteiger partial charge in [0.2, 0.25) is 0 Å². The molecule has 0 radical (unpaired) electrons. The van der Waals surface area contributed by atoms with Gasteiger partial charge in [0.1, 0.15) is 5.82 Å². The van der Waals surface area contributed by atoms with Gasteiger partial charge < -0.3 is 10.6 Å². The van der Waals surface area contributed by atoms with Crippen molar-refractivity contribution in [3.8, 4) is 17.2 Å². The van der Waals surface area contributed by atoms with Crippen LogP contribution in [0.4, 0.5) is 10.1 Å². The molecular weight excluding hydrogens is 437 g/mol. The summed E-state index contributed by atoms with van der Waals surface area (Å²) < 4.78 is 16.6. The molecule has 0 atom stereocenters. The molecule has 1 saturated heterocycles. The molecule has 8 heteroatoms. The average Bonchev–Trinajstić information content (AvgIpc) is 3.64. The predicted octanol–water partition coefficient (Wildman–Crippen LogP) is 4.21. The lowest BCUT2D eigenvalue weighted by atomic mass is 9.91. The van der Waals surface area contributed by atoms with Crippen molar-refractivity contribution < 1.29 is 9.18 Å². The van der Waals surface area contributed by atoms with E-state index in [1.807, 2.05) is 35.4 Å². The van der Waals surface area contributed by atoms with E-state index in [0.717, 1.165) is 37.1 Å². The van der Waals surface area contributed by atoms with Crippen molar-refractivity contribution in [2.45, 2.75) is 18.3 Å². The third-order valence-electron chi connectivity index (χ3n) is 6.67. The maximum absolute atomic E-state index is 14.4. The van der Waals surface area contributed by atoms with Crippen molar-refractivity contribution in [1.82, 2.24) is 14.2 Å². The van der Waals surface area contributed by atoms with Crippen LogP contribution in [0.15, 0.2) is 42.6 Å². The van der Waals surface area contributed by atoms with Crippen LogP contribution >= 0.6 is 11.9 Å². The van der Waals surface area contributed by atoms with E-state index < -0.39 is 11.2 Å². The van der Waals surface area contributed by atoms with Crippen LogP contribution in [0, 0.1) is 17.1 Å². The number of pyridine rings is 1. The normalized spacial score (nSPS) is 17.7. The summed E-state index contributed by atoms with van der Waals surface area (Å²) in [6, 6.07) is 12.7. The van der Waals surface area contributed by atoms with Gasteiger partial charge in [-0.15, -0.1) is 0 Å². The summed E-state index contributed by atoms with van der Waals surface area (Å²) in [5.41, 5.74) is 9.17. The number of fused-ring (bicyclic) bond motifs is 1. The second kappa shape index (κ2) is 8.32. The summed E-state index contributed by atoms with van der Waals surface area (Å²) in [7, 11) is 0. The first-order valence-corrected chi connectivity index (χ1v) is 12.1. The minimum atomic E-state index is -0.473. The number of benzene rings is 2. The molecule has 2 N–H and O–H groups in total.